The van der Waals surface area contributed by atoms with Crippen LogP contribution in [0, 0.1) is 20.8 Å². The largest absolute Gasteiger partial charge is 0.390 e. The van der Waals surface area contributed by atoms with Crippen LogP contribution in [0.5, 0.6) is 0 Å². The van der Waals surface area contributed by atoms with Crippen molar-refractivity contribution in [1.82, 2.24) is 0 Å². The van der Waals surface area contributed by atoms with Crippen LogP contribution in [0.2, 0.25) is 0 Å². The predicted octanol–water partition coefficient (Wildman–Crippen LogP) is 2.66. The molecule has 0 spiro atoms. The van der Waals surface area contributed by atoms with Gasteiger partial charge in [-0.15, -0.1) is 12.4 Å². The van der Waals surface area contributed by atoms with Crippen LogP contribution < -0.4 is 5.73 Å². The SMILES string of the molecule is Cc1cc(C)c([C@H](N)C(F)(F)CO)c(C)c1.Cl. The summed E-state index contributed by atoms with van der Waals surface area (Å²) >= 11 is 0. The number of nitrogens with two attached hydrogens (primary N) is 1. The second kappa shape index (κ2) is 5.76. The molecule has 0 saturated heterocycles. The van der Waals surface area contributed by atoms with Gasteiger partial charge in [-0.2, -0.15) is 0 Å². The quantitative estimate of drug-likeness (QED) is 0.883. The fraction of sp³-hybridized carbons (Fsp3) is 0.500. The highest BCUT2D eigenvalue weighted by molar-refractivity contribution is 5.85. The molecule has 1 rings (SSSR count). The molecule has 0 aliphatic heterocycles. The van der Waals surface area contributed by atoms with Gasteiger partial charge in [-0.1, -0.05) is 17.7 Å². The van der Waals surface area contributed by atoms with E-state index in [4.69, 9.17) is 10.8 Å². The van der Waals surface area contributed by atoms with Gasteiger partial charge in [-0.25, -0.2) is 8.78 Å². The topological polar surface area (TPSA) is 46.2 Å². The zero-order chi connectivity index (χ0) is 12.5. The van der Waals surface area contributed by atoms with Crippen molar-refractivity contribution in [3.8, 4) is 0 Å². The van der Waals surface area contributed by atoms with E-state index in [2.05, 4.69) is 0 Å². The average molecular weight is 266 g/mol. The smallest absolute Gasteiger partial charge is 0.289 e. The molecule has 17 heavy (non-hydrogen) atoms. The van der Waals surface area contributed by atoms with Crippen molar-refractivity contribution in [3.05, 3.63) is 34.4 Å². The number of halogens is 3. The molecule has 0 saturated carbocycles. The third-order valence-corrected chi connectivity index (χ3v) is 2.71. The molecular weight excluding hydrogens is 248 g/mol. The van der Waals surface area contributed by atoms with E-state index >= 15 is 0 Å². The Bertz CT molecular complexity index is 373. The molecule has 1 aromatic carbocycles. The number of benzene rings is 1. The van der Waals surface area contributed by atoms with E-state index in [0.717, 1.165) is 16.7 Å². The molecule has 0 aliphatic carbocycles. The van der Waals surface area contributed by atoms with Crippen LogP contribution in [0.3, 0.4) is 0 Å². The Morgan fingerprint density at radius 3 is 2.00 bits per heavy atom. The van der Waals surface area contributed by atoms with E-state index in [1.54, 1.807) is 13.8 Å². The molecule has 98 valence electrons. The minimum atomic E-state index is -3.29. The first-order chi connectivity index (χ1) is 7.29. The van der Waals surface area contributed by atoms with Gasteiger partial charge in [-0.3, -0.25) is 0 Å². The van der Waals surface area contributed by atoms with Gasteiger partial charge < -0.3 is 10.8 Å². The van der Waals surface area contributed by atoms with Gasteiger partial charge in [0.25, 0.3) is 5.92 Å². The highest BCUT2D eigenvalue weighted by atomic mass is 35.5. The first kappa shape index (κ1) is 16.3. The summed E-state index contributed by atoms with van der Waals surface area (Å²) < 4.78 is 26.6. The van der Waals surface area contributed by atoms with Crippen molar-refractivity contribution >= 4 is 12.4 Å². The Hall–Kier alpha value is -0.710. The van der Waals surface area contributed by atoms with Gasteiger partial charge in [0, 0.05) is 0 Å². The summed E-state index contributed by atoms with van der Waals surface area (Å²) in [7, 11) is 0. The van der Waals surface area contributed by atoms with Crippen LogP contribution >= 0.6 is 12.4 Å². The fourth-order valence-corrected chi connectivity index (χ4v) is 1.99. The third kappa shape index (κ3) is 3.37. The lowest BCUT2D eigenvalue weighted by Gasteiger charge is -2.25. The molecule has 0 amide bonds. The molecule has 2 nitrogen and oxygen atoms in total. The van der Waals surface area contributed by atoms with Crippen molar-refractivity contribution < 1.29 is 13.9 Å². The Balaban J connectivity index is 0.00000256. The highest BCUT2D eigenvalue weighted by Crippen LogP contribution is 2.33. The molecule has 5 heteroatoms. The second-order valence-corrected chi connectivity index (χ2v) is 4.21. The van der Waals surface area contributed by atoms with Crippen molar-refractivity contribution in [2.75, 3.05) is 6.61 Å². The number of aliphatic hydroxyl groups excluding tert-OH is 1. The summed E-state index contributed by atoms with van der Waals surface area (Å²) in [5, 5.41) is 8.63. The van der Waals surface area contributed by atoms with Gasteiger partial charge in [-0.05, 0) is 37.5 Å². The number of hydrogen-bond acceptors (Lipinski definition) is 2. The van der Waals surface area contributed by atoms with E-state index in [1.807, 2.05) is 19.1 Å². The van der Waals surface area contributed by atoms with E-state index in [9.17, 15) is 8.78 Å². The standard InChI is InChI=1S/C12H17F2NO.ClH/c1-7-4-8(2)10(9(3)5-7)11(15)12(13,14)6-16;/h4-5,11,16H,6,15H2,1-3H3;1H/t11-;/m0./s1. The van der Waals surface area contributed by atoms with Gasteiger partial charge in [0.05, 0.1) is 6.04 Å². The first-order valence-electron chi connectivity index (χ1n) is 5.11. The van der Waals surface area contributed by atoms with Gasteiger partial charge in [0.1, 0.15) is 6.61 Å². The summed E-state index contributed by atoms with van der Waals surface area (Å²) in [6.07, 6.45) is 0. The van der Waals surface area contributed by atoms with Crippen molar-refractivity contribution in [2.45, 2.75) is 32.7 Å². The Kier molecular flexibility index (Phi) is 5.52. The van der Waals surface area contributed by atoms with E-state index < -0.39 is 18.6 Å². The fourth-order valence-electron chi connectivity index (χ4n) is 1.99. The summed E-state index contributed by atoms with van der Waals surface area (Å²) in [5.74, 6) is -3.29. The summed E-state index contributed by atoms with van der Waals surface area (Å²) in [4.78, 5) is 0. The molecule has 0 unspecified atom stereocenters. The number of aliphatic hydroxyl groups is 1. The van der Waals surface area contributed by atoms with Gasteiger partial charge in [0.2, 0.25) is 0 Å². The Morgan fingerprint density at radius 1 is 1.24 bits per heavy atom. The maximum absolute atomic E-state index is 13.3. The van der Waals surface area contributed by atoms with E-state index in [0.29, 0.717) is 5.56 Å². The molecule has 1 atom stereocenters. The minimum Gasteiger partial charge on any atom is -0.390 e. The molecule has 0 radical (unpaired) electrons. The number of alkyl halides is 2. The predicted molar refractivity (Wildman–Crippen MR) is 66.9 cm³/mol. The molecule has 0 aliphatic rings. The number of rotatable bonds is 3. The first-order valence-corrected chi connectivity index (χ1v) is 5.11. The molecular formula is C12H18ClF2NO. The summed E-state index contributed by atoms with van der Waals surface area (Å²) in [6, 6.07) is 2.17. The van der Waals surface area contributed by atoms with Crippen LogP contribution in [0.1, 0.15) is 28.3 Å². The number of hydrogen-bond donors (Lipinski definition) is 2. The Morgan fingerprint density at radius 2 is 1.65 bits per heavy atom. The van der Waals surface area contributed by atoms with Crippen LogP contribution in [-0.4, -0.2) is 17.6 Å². The molecule has 0 aromatic heterocycles. The van der Waals surface area contributed by atoms with Crippen LogP contribution in [0.15, 0.2) is 12.1 Å². The van der Waals surface area contributed by atoms with Crippen molar-refractivity contribution in [3.63, 3.8) is 0 Å². The Labute approximate surface area is 106 Å². The minimum absolute atomic E-state index is 0. The molecule has 3 N–H and O–H groups in total. The van der Waals surface area contributed by atoms with E-state index in [-0.39, 0.29) is 12.4 Å². The molecule has 0 heterocycles. The lowest BCUT2D eigenvalue weighted by Crippen LogP contribution is -2.37. The zero-order valence-corrected chi connectivity index (χ0v) is 10.9. The number of aryl methyl sites for hydroxylation is 3. The molecule has 1 aromatic rings. The maximum atomic E-state index is 13.3. The summed E-state index contributed by atoms with van der Waals surface area (Å²) in [6.45, 7) is 4.17. The lowest BCUT2D eigenvalue weighted by molar-refractivity contribution is -0.0714. The van der Waals surface area contributed by atoms with Crippen LogP contribution in [-0.2, 0) is 0 Å². The molecule has 0 fully saturated rings. The summed E-state index contributed by atoms with van der Waals surface area (Å²) in [5.41, 5.74) is 8.43. The highest BCUT2D eigenvalue weighted by Gasteiger charge is 2.38. The van der Waals surface area contributed by atoms with E-state index in [1.165, 1.54) is 0 Å². The van der Waals surface area contributed by atoms with Crippen molar-refractivity contribution in [2.24, 2.45) is 5.73 Å². The monoisotopic (exact) mass is 265 g/mol. The molecule has 0 bridgehead atoms. The van der Waals surface area contributed by atoms with Crippen molar-refractivity contribution in [1.29, 1.82) is 0 Å². The van der Waals surface area contributed by atoms with Gasteiger partial charge in [0.15, 0.2) is 0 Å². The zero-order valence-electron chi connectivity index (χ0n) is 10.1. The normalized spacial score (nSPS) is 13.1. The average Bonchev–Trinajstić information content (AvgIpc) is 2.15. The third-order valence-electron chi connectivity index (χ3n) is 2.71. The maximum Gasteiger partial charge on any atom is 0.289 e. The van der Waals surface area contributed by atoms with Crippen LogP contribution in [0.25, 0.3) is 0 Å². The lowest BCUT2D eigenvalue weighted by atomic mass is 9.91. The van der Waals surface area contributed by atoms with Gasteiger partial charge >= 0.3 is 0 Å². The second-order valence-electron chi connectivity index (χ2n) is 4.21. The van der Waals surface area contributed by atoms with Crippen LogP contribution in [0.4, 0.5) is 8.78 Å².